The number of pyridine rings is 1. The van der Waals surface area contributed by atoms with E-state index in [1.165, 1.54) is 51.4 Å². The zero-order chi connectivity index (χ0) is 33.9. The standard InChI is InChI=1S/C43H60N2O3/c1-29(2)9-8-10-30(3)36-18-19-37-35-17-16-33-27-34(22-24-42(33,4)38(35)23-25-43(36,37)5)48-41(47)21-20-40(46)45-28-31-12-14-32(15-13-31)39-11-6-7-26-44-39/h6-7,11-16,26,29-30,34-38H,8-10,17-25,27-28H2,1-5H3,(H,45,46)/t30-,34+,35+,36-,37+,38+,42+,43-/m1/s1. The van der Waals surface area contributed by atoms with Crippen LogP contribution in [-0.2, 0) is 20.9 Å². The molecule has 1 N–H and O–H groups in total. The van der Waals surface area contributed by atoms with E-state index in [9.17, 15) is 9.59 Å². The number of nitrogens with one attached hydrogen (secondary N) is 1. The van der Waals surface area contributed by atoms with E-state index in [0.717, 1.165) is 71.6 Å². The molecule has 48 heavy (non-hydrogen) atoms. The van der Waals surface area contributed by atoms with Gasteiger partial charge >= 0.3 is 5.97 Å². The normalized spacial score (nSPS) is 31.6. The first-order chi connectivity index (χ1) is 23.1. The van der Waals surface area contributed by atoms with Gasteiger partial charge in [0.05, 0.1) is 12.1 Å². The molecule has 2 aromatic rings. The second-order valence-electron chi connectivity index (χ2n) is 16.8. The summed E-state index contributed by atoms with van der Waals surface area (Å²) in [4.78, 5) is 29.8. The van der Waals surface area contributed by atoms with Crippen LogP contribution in [0.4, 0.5) is 0 Å². The fourth-order valence-corrected chi connectivity index (χ4v) is 10.8. The molecule has 4 aliphatic carbocycles. The number of benzene rings is 1. The van der Waals surface area contributed by atoms with Crippen LogP contribution in [0.5, 0.6) is 0 Å². The summed E-state index contributed by atoms with van der Waals surface area (Å²) in [5.41, 5.74) is 5.27. The number of hydrogen-bond donors (Lipinski definition) is 1. The van der Waals surface area contributed by atoms with Gasteiger partial charge in [0.1, 0.15) is 6.10 Å². The van der Waals surface area contributed by atoms with Gasteiger partial charge in [-0.3, -0.25) is 14.6 Å². The van der Waals surface area contributed by atoms with Gasteiger partial charge in [-0.25, -0.2) is 0 Å². The number of esters is 1. The van der Waals surface area contributed by atoms with Crippen molar-refractivity contribution in [3.05, 3.63) is 65.9 Å². The Balaban J connectivity index is 0.961. The molecule has 3 saturated carbocycles. The summed E-state index contributed by atoms with van der Waals surface area (Å²) in [5, 5.41) is 2.95. The van der Waals surface area contributed by atoms with E-state index in [-0.39, 0.29) is 36.2 Å². The zero-order valence-corrected chi connectivity index (χ0v) is 30.3. The van der Waals surface area contributed by atoms with Crippen LogP contribution in [0.25, 0.3) is 11.3 Å². The molecule has 1 aromatic heterocycles. The van der Waals surface area contributed by atoms with E-state index in [4.69, 9.17) is 4.74 Å². The molecule has 4 aliphatic rings. The van der Waals surface area contributed by atoms with E-state index in [2.05, 4.69) is 51.0 Å². The molecule has 1 heterocycles. The summed E-state index contributed by atoms with van der Waals surface area (Å²) in [7, 11) is 0. The van der Waals surface area contributed by atoms with Gasteiger partial charge in [0.2, 0.25) is 5.91 Å². The largest absolute Gasteiger partial charge is 0.462 e. The number of aromatic nitrogens is 1. The molecular weight excluding hydrogens is 592 g/mol. The van der Waals surface area contributed by atoms with Crippen molar-refractivity contribution in [2.45, 2.75) is 131 Å². The van der Waals surface area contributed by atoms with E-state index in [0.29, 0.717) is 12.0 Å². The Bertz CT molecular complexity index is 1430. The topological polar surface area (TPSA) is 68.3 Å². The zero-order valence-electron chi connectivity index (χ0n) is 30.3. The van der Waals surface area contributed by atoms with Gasteiger partial charge < -0.3 is 10.1 Å². The fraction of sp³-hybridized carbons (Fsp3) is 0.651. The Morgan fingerprint density at radius 3 is 2.50 bits per heavy atom. The maximum absolute atomic E-state index is 12.8. The molecule has 0 spiro atoms. The third-order valence-corrected chi connectivity index (χ3v) is 13.5. The molecule has 0 unspecified atom stereocenters. The maximum atomic E-state index is 12.8. The first-order valence-electron chi connectivity index (χ1n) is 19.2. The Labute approximate surface area is 290 Å². The number of fused-ring (bicyclic) bond motifs is 5. The third kappa shape index (κ3) is 7.45. The van der Waals surface area contributed by atoms with Crippen molar-refractivity contribution in [3.63, 3.8) is 0 Å². The molecule has 8 atom stereocenters. The van der Waals surface area contributed by atoms with Crippen LogP contribution in [0, 0.1) is 46.3 Å². The summed E-state index contributed by atoms with van der Waals surface area (Å²) < 4.78 is 6.00. The molecule has 5 heteroatoms. The summed E-state index contributed by atoms with van der Waals surface area (Å²) in [6, 6.07) is 13.9. The fourth-order valence-electron chi connectivity index (χ4n) is 10.8. The number of ether oxygens (including phenoxy) is 1. The average Bonchev–Trinajstić information content (AvgIpc) is 3.44. The molecule has 0 bridgehead atoms. The molecule has 1 amide bonds. The third-order valence-electron chi connectivity index (χ3n) is 13.5. The summed E-state index contributed by atoms with van der Waals surface area (Å²) >= 11 is 0. The second kappa shape index (κ2) is 14.9. The van der Waals surface area contributed by atoms with E-state index >= 15 is 0 Å². The lowest BCUT2D eigenvalue weighted by molar-refractivity contribution is -0.152. The number of carbonyl (C=O) groups is 2. The highest BCUT2D eigenvalue weighted by molar-refractivity contribution is 5.81. The summed E-state index contributed by atoms with van der Waals surface area (Å²) in [6.45, 7) is 12.9. The Hall–Kier alpha value is -2.95. The predicted octanol–water partition coefficient (Wildman–Crippen LogP) is 10.1. The molecular formula is C43H60N2O3. The van der Waals surface area contributed by atoms with E-state index in [1.54, 1.807) is 11.8 Å². The minimum atomic E-state index is -0.249. The van der Waals surface area contributed by atoms with Crippen LogP contribution in [0.15, 0.2) is 60.3 Å². The SMILES string of the molecule is CC(C)CCC[C@@H](C)[C@H]1CC[C@H]2[C@@H]3CC=C4C[C@@H](OC(=O)CCC(=O)NCc5ccc(-c6ccccn6)cc5)CC[C@]4(C)[C@H]3CC[C@]12C. The van der Waals surface area contributed by atoms with Crippen LogP contribution in [0.1, 0.15) is 124 Å². The lowest BCUT2D eigenvalue weighted by Gasteiger charge is -2.58. The quantitative estimate of drug-likeness (QED) is 0.183. The van der Waals surface area contributed by atoms with Crippen molar-refractivity contribution in [2.24, 2.45) is 46.3 Å². The van der Waals surface area contributed by atoms with Crippen molar-refractivity contribution in [2.75, 3.05) is 0 Å². The maximum Gasteiger partial charge on any atom is 0.306 e. The highest BCUT2D eigenvalue weighted by atomic mass is 16.5. The van der Waals surface area contributed by atoms with Crippen molar-refractivity contribution in [1.82, 2.24) is 10.3 Å². The van der Waals surface area contributed by atoms with Crippen molar-refractivity contribution in [1.29, 1.82) is 0 Å². The van der Waals surface area contributed by atoms with Gasteiger partial charge in [-0.2, -0.15) is 0 Å². The molecule has 6 rings (SSSR count). The Morgan fingerprint density at radius 2 is 1.75 bits per heavy atom. The van der Waals surface area contributed by atoms with Crippen molar-refractivity contribution >= 4 is 11.9 Å². The molecule has 3 fully saturated rings. The highest BCUT2D eigenvalue weighted by Gasteiger charge is 2.59. The molecule has 5 nitrogen and oxygen atoms in total. The lowest BCUT2D eigenvalue weighted by Crippen LogP contribution is -2.51. The lowest BCUT2D eigenvalue weighted by atomic mass is 9.47. The minimum Gasteiger partial charge on any atom is -0.462 e. The van der Waals surface area contributed by atoms with Gasteiger partial charge in [-0.1, -0.05) is 95.9 Å². The van der Waals surface area contributed by atoms with Crippen LogP contribution >= 0.6 is 0 Å². The minimum absolute atomic E-state index is 0.0644. The Kier molecular flexibility index (Phi) is 10.8. The molecule has 0 radical (unpaired) electrons. The van der Waals surface area contributed by atoms with Gasteiger partial charge in [0, 0.05) is 31.1 Å². The molecule has 1 aromatic carbocycles. The van der Waals surface area contributed by atoms with Crippen molar-refractivity contribution in [3.8, 4) is 11.3 Å². The van der Waals surface area contributed by atoms with Gasteiger partial charge in [-0.15, -0.1) is 0 Å². The monoisotopic (exact) mass is 652 g/mol. The van der Waals surface area contributed by atoms with Crippen molar-refractivity contribution < 1.29 is 14.3 Å². The van der Waals surface area contributed by atoms with E-state index in [1.807, 2.05) is 42.5 Å². The summed E-state index contributed by atoms with van der Waals surface area (Å²) in [6.07, 6.45) is 18.4. The second-order valence-corrected chi connectivity index (χ2v) is 16.8. The first-order valence-corrected chi connectivity index (χ1v) is 19.2. The van der Waals surface area contributed by atoms with Crippen LogP contribution in [0.2, 0.25) is 0 Å². The highest BCUT2D eigenvalue weighted by Crippen LogP contribution is 2.67. The molecule has 0 saturated heterocycles. The molecule has 0 aliphatic heterocycles. The average molecular weight is 653 g/mol. The molecule has 260 valence electrons. The number of rotatable bonds is 12. The predicted molar refractivity (Wildman–Crippen MR) is 194 cm³/mol. The number of hydrogen-bond acceptors (Lipinski definition) is 4. The van der Waals surface area contributed by atoms with Gasteiger partial charge in [0.15, 0.2) is 0 Å². The van der Waals surface area contributed by atoms with Crippen LogP contribution in [0.3, 0.4) is 0 Å². The number of nitrogens with zero attached hydrogens (tertiary/aromatic N) is 1. The smallest absolute Gasteiger partial charge is 0.306 e. The first kappa shape index (κ1) is 34.9. The number of carbonyl (C=O) groups excluding carboxylic acids is 2. The van der Waals surface area contributed by atoms with Gasteiger partial charge in [0.25, 0.3) is 0 Å². The van der Waals surface area contributed by atoms with Crippen LogP contribution < -0.4 is 5.32 Å². The van der Waals surface area contributed by atoms with Crippen LogP contribution in [-0.4, -0.2) is 23.0 Å². The number of amides is 1. The van der Waals surface area contributed by atoms with E-state index < -0.39 is 0 Å². The number of allylic oxidation sites excluding steroid dienone is 1. The summed E-state index contributed by atoms with van der Waals surface area (Å²) in [5.74, 6) is 4.59. The Morgan fingerprint density at radius 1 is 0.938 bits per heavy atom. The van der Waals surface area contributed by atoms with Gasteiger partial charge in [-0.05, 0) is 109 Å².